The molecule has 0 spiro atoms. The van der Waals surface area contributed by atoms with E-state index < -0.39 is 0 Å². The Labute approximate surface area is 112 Å². The molecule has 0 aliphatic heterocycles. The molecule has 3 N–H and O–H groups in total. The second-order valence-electron chi connectivity index (χ2n) is 4.06. The first-order valence-electron chi connectivity index (χ1n) is 4.85. The predicted octanol–water partition coefficient (Wildman–Crippen LogP) is 4.17. The molecule has 0 unspecified atom stereocenters. The zero-order valence-electron chi connectivity index (χ0n) is 9.21. The monoisotopic (exact) mass is 283 g/mol. The predicted molar refractivity (Wildman–Crippen MR) is 71.8 cm³/mol. The van der Waals surface area contributed by atoms with Crippen LogP contribution in [0.4, 0.5) is 0 Å². The molecule has 0 amide bonds. The van der Waals surface area contributed by atoms with Gasteiger partial charge in [-0.25, -0.2) is 0 Å². The van der Waals surface area contributed by atoms with Gasteiger partial charge in [-0.1, -0.05) is 37.0 Å². The first-order chi connectivity index (χ1) is 6.91. The maximum Gasteiger partial charge on any atom is 0.123 e. The van der Waals surface area contributed by atoms with Crippen LogP contribution in [0, 0.1) is 5.92 Å². The van der Waals surface area contributed by atoms with Gasteiger partial charge in [-0.05, 0) is 24.5 Å². The summed E-state index contributed by atoms with van der Waals surface area (Å²) < 4.78 is 0. The van der Waals surface area contributed by atoms with Crippen LogP contribution < -0.4 is 5.73 Å². The minimum Gasteiger partial charge on any atom is -0.508 e. The van der Waals surface area contributed by atoms with Gasteiger partial charge in [0.05, 0.1) is 5.02 Å². The molecule has 16 heavy (non-hydrogen) atoms. The Balaban J connectivity index is 0.00000225. The molecule has 5 heteroatoms. The SMILES string of the molecule is CC(C)C[C@@H](N)c1c(O)cc(Cl)cc1Cl.Cl. The fourth-order valence-corrected chi connectivity index (χ4v) is 2.19. The van der Waals surface area contributed by atoms with Gasteiger partial charge >= 0.3 is 0 Å². The molecule has 0 saturated heterocycles. The average molecular weight is 285 g/mol. The zero-order chi connectivity index (χ0) is 11.6. The third-order valence-electron chi connectivity index (χ3n) is 2.17. The molecule has 1 aromatic rings. The maximum atomic E-state index is 9.71. The van der Waals surface area contributed by atoms with Crippen LogP contribution in [0.15, 0.2) is 12.1 Å². The molecular weight excluding hydrogens is 268 g/mol. The van der Waals surface area contributed by atoms with Crippen molar-refractivity contribution in [2.24, 2.45) is 11.7 Å². The maximum absolute atomic E-state index is 9.71. The molecular formula is C11H16Cl3NO. The van der Waals surface area contributed by atoms with Crippen molar-refractivity contribution in [3.05, 3.63) is 27.7 Å². The lowest BCUT2D eigenvalue weighted by molar-refractivity contribution is 0.445. The van der Waals surface area contributed by atoms with Crippen molar-refractivity contribution in [2.75, 3.05) is 0 Å². The van der Waals surface area contributed by atoms with Gasteiger partial charge in [0.25, 0.3) is 0 Å². The van der Waals surface area contributed by atoms with Crippen LogP contribution in [0.1, 0.15) is 31.9 Å². The quantitative estimate of drug-likeness (QED) is 0.875. The highest BCUT2D eigenvalue weighted by molar-refractivity contribution is 6.35. The van der Waals surface area contributed by atoms with Crippen molar-refractivity contribution in [3.63, 3.8) is 0 Å². The lowest BCUT2D eigenvalue weighted by Gasteiger charge is -2.17. The largest absolute Gasteiger partial charge is 0.508 e. The number of benzene rings is 1. The highest BCUT2D eigenvalue weighted by atomic mass is 35.5. The Bertz CT molecular complexity index is 332. The second-order valence-corrected chi connectivity index (χ2v) is 4.90. The third kappa shape index (κ3) is 4.02. The molecule has 0 radical (unpaired) electrons. The Morgan fingerprint density at radius 2 is 1.88 bits per heavy atom. The van der Waals surface area contributed by atoms with E-state index in [-0.39, 0.29) is 24.2 Å². The summed E-state index contributed by atoms with van der Waals surface area (Å²) in [7, 11) is 0. The number of aromatic hydroxyl groups is 1. The van der Waals surface area contributed by atoms with Crippen LogP contribution in [0.25, 0.3) is 0 Å². The fraction of sp³-hybridized carbons (Fsp3) is 0.455. The minimum atomic E-state index is -0.255. The van der Waals surface area contributed by atoms with Gasteiger partial charge in [-0.15, -0.1) is 12.4 Å². The van der Waals surface area contributed by atoms with Crippen molar-refractivity contribution >= 4 is 35.6 Å². The first kappa shape index (κ1) is 15.9. The van der Waals surface area contributed by atoms with Crippen LogP contribution >= 0.6 is 35.6 Å². The van der Waals surface area contributed by atoms with E-state index >= 15 is 0 Å². The van der Waals surface area contributed by atoms with Crippen LogP contribution in [0.3, 0.4) is 0 Å². The van der Waals surface area contributed by atoms with Crippen molar-refractivity contribution in [3.8, 4) is 5.75 Å². The fourth-order valence-electron chi connectivity index (χ4n) is 1.56. The van der Waals surface area contributed by atoms with Gasteiger partial charge < -0.3 is 10.8 Å². The van der Waals surface area contributed by atoms with Crippen molar-refractivity contribution in [1.29, 1.82) is 0 Å². The zero-order valence-corrected chi connectivity index (χ0v) is 11.5. The summed E-state index contributed by atoms with van der Waals surface area (Å²) in [5.41, 5.74) is 6.54. The third-order valence-corrected chi connectivity index (χ3v) is 2.70. The van der Waals surface area contributed by atoms with Crippen LogP contribution in [0.2, 0.25) is 10.0 Å². The number of nitrogens with two attached hydrogens (primary N) is 1. The van der Waals surface area contributed by atoms with Gasteiger partial charge in [-0.3, -0.25) is 0 Å². The normalized spacial score (nSPS) is 12.4. The van der Waals surface area contributed by atoms with E-state index in [0.29, 0.717) is 21.5 Å². The van der Waals surface area contributed by atoms with Gasteiger partial charge in [0.1, 0.15) is 5.75 Å². The van der Waals surface area contributed by atoms with Crippen LogP contribution in [-0.4, -0.2) is 5.11 Å². The molecule has 0 bridgehead atoms. The minimum absolute atomic E-state index is 0. The van der Waals surface area contributed by atoms with Crippen LogP contribution in [-0.2, 0) is 0 Å². The molecule has 0 aliphatic rings. The standard InChI is InChI=1S/C11H15Cl2NO.ClH/c1-6(2)3-9(14)11-8(13)4-7(12)5-10(11)15;/h4-6,9,15H,3,14H2,1-2H3;1H/t9-;/m1./s1. The summed E-state index contributed by atoms with van der Waals surface area (Å²) in [5, 5.41) is 10.5. The van der Waals surface area contributed by atoms with Crippen molar-refractivity contribution in [1.82, 2.24) is 0 Å². The summed E-state index contributed by atoms with van der Waals surface area (Å²) in [4.78, 5) is 0. The number of phenolic OH excluding ortho intramolecular Hbond substituents is 1. The Kier molecular flexibility index (Phi) is 6.49. The molecule has 1 atom stereocenters. The number of rotatable bonds is 3. The van der Waals surface area contributed by atoms with Crippen molar-refractivity contribution < 1.29 is 5.11 Å². The van der Waals surface area contributed by atoms with E-state index in [0.717, 1.165) is 6.42 Å². The lowest BCUT2D eigenvalue weighted by atomic mass is 9.97. The summed E-state index contributed by atoms with van der Waals surface area (Å²) in [6.07, 6.45) is 0.773. The average Bonchev–Trinajstić information content (AvgIpc) is 1.99. The highest BCUT2D eigenvalue weighted by Gasteiger charge is 2.16. The summed E-state index contributed by atoms with van der Waals surface area (Å²) in [5.74, 6) is 0.520. The van der Waals surface area contributed by atoms with E-state index in [1.165, 1.54) is 6.07 Å². The van der Waals surface area contributed by atoms with E-state index in [4.69, 9.17) is 28.9 Å². The number of hydrogen-bond donors (Lipinski definition) is 2. The molecule has 0 saturated carbocycles. The van der Waals surface area contributed by atoms with E-state index in [1.807, 2.05) is 0 Å². The number of phenols is 1. The van der Waals surface area contributed by atoms with E-state index in [2.05, 4.69) is 13.8 Å². The summed E-state index contributed by atoms with van der Waals surface area (Å²) >= 11 is 11.7. The molecule has 0 aromatic heterocycles. The van der Waals surface area contributed by atoms with Crippen molar-refractivity contribution in [2.45, 2.75) is 26.3 Å². The number of halogens is 3. The highest BCUT2D eigenvalue weighted by Crippen LogP contribution is 2.35. The van der Waals surface area contributed by atoms with Gasteiger partial charge in [0.15, 0.2) is 0 Å². The van der Waals surface area contributed by atoms with Gasteiger partial charge in [-0.2, -0.15) is 0 Å². The smallest absolute Gasteiger partial charge is 0.123 e. The second kappa shape index (κ2) is 6.55. The molecule has 2 nitrogen and oxygen atoms in total. The van der Waals surface area contributed by atoms with Gasteiger partial charge in [0.2, 0.25) is 0 Å². The van der Waals surface area contributed by atoms with Gasteiger partial charge in [0, 0.05) is 16.6 Å². The molecule has 92 valence electrons. The molecule has 1 rings (SSSR count). The summed E-state index contributed by atoms with van der Waals surface area (Å²) in [6, 6.07) is 2.80. The summed E-state index contributed by atoms with van der Waals surface area (Å²) in [6.45, 7) is 4.14. The van der Waals surface area contributed by atoms with E-state index in [1.54, 1.807) is 6.07 Å². The molecule has 0 fully saturated rings. The molecule has 0 heterocycles. The molecule has 0 aliphatic carbocycles. The Morgan fingerprint density at radius 3 is 2.31 bits per heavy atom. The lowest BCUT2D eigenvalue weighted by Crippen LogP contribution is -2.13. The molecule has 1 aromatic carbocycles. The van der Waals surface area contributed by atoms with Crippen LogP contribution in [0.5, 0.6) is 5.75 Å². The Hall–Kier alpha value is -0.150. The topological polar surface area (TPSA) is 46.2 Å². The number of hydrogen-bond acceptors (Lipinski definition) is 2. The Morgan fingerprint density at radius 1 is 1.31 bits per heavy atom. The van der Waals surface area contributed by atoms with E-state index in [9.17, 15) is 5.11 Å². The first-order valence-corrected chi connectivity index (χ1v) is 5.61.